The van der Waals surface area contributed by atoms with Gasteiger partial charge in [0.15, 0.2) is 0 Å². The third kappa shape index (κ3) is 5.19. The van der Waals surface area contributed by atoms with Gasteiger partial charge in [0.25, 0.3) is 5.91 Å². The van der Waals surface area contributed by atoms with E-state index in [4.69, 9.17) is 0 Å². The van der Waals surface area contributed by atoms with Gasteiger partial charge in [0.05, 0.1) is 11.4 Å². The van der Waals surface area contributed by atoms with Gasteiger partial charge in [0.1, 0.15) is 6.04 Å². The molecule has 0 bridgehead atoms. The fraction of sp³-hybridized carbons (Fsp3) is 0.692. The zero-order chi connectivity index (χ0) is 22.6. The van der Waals surface area contributed by atoms with Crippen LogP contribution in [-0.4, -0.2) is 79.5 Å². The molecule has 7 nitrogen and oxygen atoms in total. The molecule has 1 aromatic rings. The summed E-state index contributed by atoms with van der Waals surface area (Å²) in [4.78, 5) is 32.6. The van der Waals surface area contributed by atoms with Crippen molar-refractivity contribution >= 4 is 23.2 Å². The average molecular weight is 454 g/mol. The van der Waals surface area contributed by atoms with Crippen LogP contribution in [0.1, 0.15) is 68.1 Å². The van der Waals surface area contributed by atoms with Crippen LogP contribution in [0.3, 0.4) is 0 Å². The Morgan fingerprint density at radius 2 is 1.76 bits per heavy atom. The van der Waals surface area contributed by atoms with Crippen molar-refractivity contribution in [2.24, 2.45) is 0 Å². The van der Waals surface area contributed by atoms with Gasteiger partial charge >= 0.3 is 0 Å². The summed E-state index contributed by atoms with van der Waals surface area (Å²) in [6.45, 7) is 7.30. The molecule has 3 aliphatic heterocycles. The zero-order valence-corrected chi connectivity index (χ0v) is 19.9. The predicted molar refractivity (Wildman–Crippen MR) is 132 cm³/mol. The van der Waals surface area contributed by atoms with Crippen molar-refractivity contribution in [2.45, 2.75) is 69.9 Å². The molecule has 180 valence electrons. The molecule has 5 rings (SSSR count). The van der Waals surface area contributed by atoms with Gasteiger partial charge in [-0.25, -0.2) is 0 Å². The van der Waals surface area contributed by atoms with Crippen LogP contribution in [0.5, 0.6) is 0 Å². The Bertz CT molecular complexity index is 845. The summed E-state index contributed by atoms with van der Waals surface area (Å²) in [6.07, 6.45) is 11.1. The van der Waals surface area contributed by atoms with E-state index in [9.17, 15) is 9.59 Å². The highest BCUT2D eigenvalue weighted by molar-refractivity contribution is 6.05. The van der Waals surface area contributed by atoms with Gasteiger partial charge in [0.2, 0.25) is 5.91 Å². The minimum Gasteiger partial charge on any atom is -0.358 e. The molecule has 7 heteroatoms. The Morgan fingerprint density at radius 1 is 0.970 bits per heavy atom. The molecule has 1 atom stereocenters. The lowest BCUT2D eigenvalue weighted by Gasteiger charge is -2.41. The molecule has 1 aromatic carbocycles. The van der Waals surface area contributed by atoms with Gasteiger partial charge in [-0.1, -0.05) is 19.3 Å². The molecule has 1 aliphatic carbocycles. The van der Waals surface area contributed by atoms with Crippen molar-refractivity contribution in [3.05, 3.63) is 23.8 Å². The number of piperidine rings is 1. The van der Waals surface area contributed by atoms with E-state index in [1.807, 2.05) is 18.2 Å². The summed E-state index contributed by atoms with van der Waals surface area (Å²) in [5.41, 5.74) is 2.43. The van der Waals surface area contributed by atoms with Crippen LogP contribution in [-0.2, 0) is 4.79 Å². The molecule has 4 aliphatic rings. The van der Waals surface area contributed by atoms with E-state index in [2.05, 4.69) is 25.3 Å². The maximum Gasteiger partial charge on any atom is 0.251 e. The van der Waals surface area contributed by atoms with Crippen LogP contribution in [0.25, 0.3) is 0 Å². The van der Waals surface area contributed by atoms with Crippen molar-refractivity contribution in [2.75, 3.05) is 56.0 Å². The third-order valence-corrected chi connectivity index (χ3v) is 8.07. The average Bonchev–Trinajstić information content (AvgIpc) is 2.87. The number of hydrogen-bond acceptors (Lipinski definition) is 5. The van der Waals surface area contributed by atoms with Crippen LogP contribution < -0.4 is 15.5 Å². The summed E-state index contributed by atoms with van der Waals surface area (Å²) in [6, 6.07) is 6.48. The van der Waals surface area contributed by atoms with Crippen LogP contribution in [0.15, 0.2) is 18.2 Å². The third-order valence-electron chi connectivity index (χ3n) is 8.07. The number of carbonyl (C=O) groups excluding carboxylic acids is 2. The highest BCUT2D eigenvalue weighted by Crippen LogP contribution is 2.36. The minimum atomic E-state index is -0.0602. The number of benzene rings is 1. The number of nitrogens with zero attached hydrogens (tertiary/aromatic N) is 3. The lowest BCUT2D eigenvalue weighted by atomic mass is 9.94. The first kappa shape index (κ1) is 22.7. The predicted octanol–water partition coefficient (Wildman–Crippen LogP) is 3.07. The zero-order valence-electron chi connectivity index (χ0n) is 19.9. The Balaban J connectivity index is 1.06. The summed E-state index contributed by atoms with van der Waals surface area (Å²) in [5.74, 6) is -0.00160. The number of piperazine rings is 1. The maximum atomic E-state index is 12.7. The van der Waals surface area contributed by atoms with Crippen molar-refractivity contribution < 1.29 is 9.59 Å². The Hall–Kier alpha value is -2.12. The van der Waals surface area contributed by atoms with Gasteiger partial charge < -0.3 is 20.4 Å². The SMILES string of the molecule is O=C(NCCCN1CCN(C2CCCCC2)CC1)c1ccc2c(c1)NC(=O)[C@@H]1CCCCN21. The molecular formula is C26H39N5O2. The topological polar surface area (TPSA) is 67.9 Å². The summed E-state index contributed by atoms with van der Waals surface area (Å²) in [5, 5.41) is 6.09. The lowest BCUT2D eigenvalue weighted by molar-refractivity contribution is -0.118. The van der Waals surface area contributed by atoms with Crippen LogP contribution in [0.4, 0.5) is 11.4 Å². The van der Waals surface area contributed by atoms with Gasteiger partial charge in [-0.05, 0) is 63.3 Å². The number of amides is 2. The lowest BCUT2D eigenvalue weighted by Crippen LogP contribution is -2.51. The standard InChI is InChI=1S/C26H39N5O2/c32-25(20-10-11-23-22(19-20)28-26(33)24-9-4-5-14-31(23)24)27-12-6-13-29-15-17-30(18-16-29)21-7-2-1-3-8-21/h10-11,19,21,24H,1-9,12-18H2,(H,27,32)(H,28,33)/t24-/m0/s1. The van der Waals surface area contributed by atoms with Gasteiger partial charge in [-0.3, -0.25) is 14.5 Å². The molecule has 1 saturated carbocycles. The molecule has 0 unspecified atom stereocenters. The minimum absolute atomic E-state index is 0.0587. The van der Waals surface area contributed by atoms with Crippen LogP contribution >= 0.6 is 0 Å². The fourth-order valence-electron chi connectivity index (χ4n) is 6.14. The van der Waals surface area contributed by atoms with E-state index in [-0.39, 0.29) is 17.9 Å². The maximum absolute atomic E-state index is 12.7. The Labute approximate surface area is 197 Å². The summed E-state index contributed by atoms with van der Waals surface area (Å²) < 4.78 is 0. The normalized spacial score (nSPS) is 24.7. The van der Waals surface area contributed by atoms with E-state index < -0.39 is 0 Å². The van der Waals surface area contributed by atoms with Crippen molar-refractivity contribution in [3.8, 4) is 0 Å². The van der Waals surface area contributed by atoms with E-state index in [0.717, 1.165) is 69.3 Å². The summed E-state index contributed by atoms with van der Waals surface area (Å²) in [7, 11) is 0. The number of fused-ring (bicyclic) bond motifs is 3. The molecule has 3 fully saturated rings. The second-order valence-corrected chi connectivity index (χ2v) is 10.2. The first-order chi connectivity index (χ1) is 16.2. The molecule has 2 saturated heterocycles. The number of carbonyl (C=O) groups is 2. The molecule has 0 aromatic heterocycles. The first-order valence-electron chi connectivity index (χ1n) is 13.2. The summed E-state index contributed by atoms with van der Waals surface area (Å²) >= 11 is 0. The van der Waals surface area contributed by atoms with Crippen molar-refractivity contribution in [1.29, 1.82) is 0 Å². The monoisotopic (exact) mass is 453 g/mol. The highest BCUT2D eigenvalue weighted by Gasteiger charge is 2.34. The second-order valence-electron chi connectivity index (χ2n) is 10.2. The van der Waals surface area contributed by atoms with E-state index in [0.29, 0.717) is 12.1 Å². The number of anilines is 2. The number of rotatable bonds is 6. The first-order valence-corrected chi connectivity index (χ1v) is 13.2. The smallest absolute Gasteiger partial charge is 0.251 e. The second kappa shape index (κ2) is 10.4. The number of hydrogen-bond donors (Lipinski definition) is 2. The Morgan fingerprint density at radius 3 is 2.58 bits per heavy atom. The molecule has 3 heterocycles. The van der Waals surface area contributed by atoms with E-state index in [1.165, 1.54) is 45.2 Å². The molecule has 33 heavy (non-hydrogen) atoms. The molecule has 2 amide bonds. The largest absolute Gasteiger partial charge is 0.358 e. The van der Waals surface area contributed by atoms with Crippen molar-refractivity contribution in [3.63, 3.8) is 0 Å². The molecule has 0 radical (unpaired) electrons. The quantitative estimate of drug-likeness (QED) is 0.648. The molecular weight excluding hydrogens is 414 g/mol. The van der Waals surface area contributed by atoms with E-state index in [1.54, 1.807) is 0 Å². The Kier molecular flexibility index (Phi) is 7.16. The van der Waals surface area contributed by atoms with Gasteiger partial charge in [-0.15, -0.1) is 0 Å². The van der Waals surface area contributed by atoms with E-state index >= 15 is 0 Å². The van der Waals surface area contributed by atoms with Gasteiger partial charge in [0, 0.05) is 50.9 Å². The molecule has 2 N–H and O–H groups in total. The number of nitrogens with one attached hydrogen (secondary N) is 2. The fourth-order valence-corrected chi connectivity index (χ4v) is 6.14. The van der Waals surface area contributed by atoms with Crippen LogP contribution in [0.2, 0.25) is 0 Å². The van der Waals surface area contributed by atoms with Crippen LogP contribution in [0, 0.1) is 0 Å². The van der Waals surface area contributed by atoms with Crippen molar-refractivity contribution in [1.82, 2.24) is 15.1 Å². The van der Waals surface area contributed by atoms with Gasteiger partial charge in [-0.2, -0.15) is 0 Å². The highest BCUT2D eigenvalue weighted by atomic mass is 16.2. The molecule has 0 spiro atoms.